The van der Waals surface area contributed by atoms with E-state index in [2.05, 4.69) is 23.8 Å². The molecule has 0 spiro atoms. The molecular formula is C14H23NOS. The number of nitrogens with one attached hydrogen (secondary N) is 1. The molecule has 0 radical (unpaired) electrons. The second-order valence-corrected chi connectivity index (χ2v) is 6.32. The average molecular weight is 253 g/mol. The lowest BCUT2D eigenvalue weighted by molar-refractivity contribution is -0.120. The summed E-state index contributed by atoms with van der Waals surface area (Å²) < 4.78 is 2.99. The Balaban J connectivity index is 1.54. The highest BCUT2D eigenvalue weighted by Gasteiger charge is 2.41. The van der Waals surface area contributed by atoms with Crippen LogP contribution in [-0.2, 0) is 4.79 Å². The second kappa shape index (κ2) is 6.48. The normalized spacial score (nSPS) is 27.4. The smallest absolute Gasteiger partial charge is 0.233 e. The van der Waals surface area contributed by atoms with Crippen molar-refractivity contribution in [2.24, 2.45) is 11.8 Å². The van der Waals surface area contributed by atoms with Crippen LogP contribution in [0.5, 0.6) is 0 Å². The fourth-order valence-electron chi connectivity index (χ4n) is 1.92. The minimum Gasteiger partial charge on any atom is -0.300 e. The molecule has 0 saturated heterocycles. The largest absolute Gasteiger partial charge is 0.300 e. The van der Waals surface area contributed by atoms with Crippen LogP contribution in [0.25, 0.3) is 0 Å². The van der Waals surface area contributed by atoms with E-state index in [-0.39, 0.29) is 11.8 Å². The van der Waals surface area contributed by atoms with E-state index in [9.17, 15) is 4.79 Å². The van der Waals surface area contributed by atoms with E-state index in [4.69, 9.17) is 0 Å². The van der Waals surface area contributed by atoms with Crippen molar-refractivity contribution >= 4 is 17.9 Å². The Labute approximate surface area is 109 Å². The molecule has 2 saturated carbocycles. The first-order valence-corrected chi connectivity index (χ1v) is 7.81. The van der Waals surface area contributed by atoms with Crippen molar-refractivity contribution < 1.29 is 4.79 Å². The number of amides is 1. The van der Waals surface area contributed by atoms with Crippen molar-refractivity contribution in [1.82, 2.24) is 4.72 Å². The third-order valence-corrected chi connectivity index (χ3v) is 4.51. The summed E-state index contributed by atoms with van der Waals surface area (Å²) >= 11 is 1.63. The van der Waals surface area contributed by atoms with Gasteiger partial charge in [-0.1, -0.05) is 31.9 Å². The monoisotopic (exact) mass is 253 g/mol. The molecule has 1 N–H and O–H groups in total. The Kier molecular flexibility index (Phi) is 4.96. The lowest BCUT2D eigenvalue weighted by atomic mass is 10.2. The third-order valence-electron chi connectivity index (χ3n) is 3.38. The number of hydrogen-bond acceptors (Lipinski definition) is 2. The van der Waals surface area contributed by atoms with Gasteiger partial charge in [0.15, 0.2) is 0 Å². The quantitative estimate of drug-likeness (QED) is 0.406. The SMILES string of the molecule is CCCCC/C=C\[C@@H]1CC1C(=O)NSC1CC1. The standard InChI is InChI=1S/C14H23NOS/c1-2-3-4-5-6-7-11-10-13(11)14(16)15-17-12-8-9-12/h6-7,11-13H,2-5,8-10H2,1H3,(H,15,16)/b7-6-/t11-,13?/m1/s1. The zero-order valence-corrected chi connectivity index (χ0v) is 11.5. The summed E-state index contributed by atoms with van der Waals surface area (Å²) in [6.45, 7) is 2.22. The molecule has 2 rings (SSSR count). The molecule has 1 amide bonds. The van der Waals surface area contributed by atoms with Gasteiger partial charge in [-0.25, -0.2) is 0 Å². The number of allylic oxidation sites excluding steroid dienone is 2. The first-order valence-electron chi connectivity index (χ1n) is 6.93. The molecule has 0 aromatic heterocycles. The second-order valence-electron chi connectivity index (χ2n) is 5.21. The van der Waals surface area contributed by atoms with Crippen LogP contribution in [0.1, 0.15) is 51.9 Å². The van der Waals surface area contributed by atoms with Crippen LogP contribution in [0.2, 0.25) is 0 Å². The van der Waals surface area contributed by atoms with Crippen LogP contribution >= 0.6 is 11.9 Å². The average Bonchev–Trinajstić information content (AvgIpc) is 3.20. The van der Waals surface area contributed by atoms with E-state index >= 15 is 0 Å². The Morgan fingerprint density at radius 2 is 2.24 bits per heavy atom. The molecule has 2 fully saturated rings. The predicted octanol–water partition coefficient (Wildman–Crippen LogP) is 3.69. The maximum Gasteiger partial charge on any atom is 0.233 e. The molecule has 3 heteroatoms. The van der Waals surface area contributed by atoms with Gasteiger partial charge >= 0.3 is 0 Å². The molecule has 17 heavy (non-hydrogen) atoms. The van der Waals surface area contributed by atoms with Crippen molar-refractivity contribution in [3.05, 3.63) is 12.2 Å². The lowest BCUT2D eigenvalue weighted by Crippen LogP contribution is -2.19. The van der Waals surface area contributed by atoms with E-state index in [1.807, 2.05) is 0 Å². The molecule has 96 valence electrons. The fraction of sp³-hybridized carbons (Fsp3) is 0.786. The third kappa shape index (κ3) is 4.74. The van der Waals surface area contributed by atoms with E-state index in [0.717, 1.165) is 6.42 Å². The topological polar surface area (TPSA) is 29.1 Å². The summed E-state index contributed by atoms with van der Waals surface area (Å²) in [5.74, 6) is 1.05. The van der Waals surface area contributed by atoms with Crippen LogP contribution in [0.3, 0.4) is 0 Å². The number of hydrogen-bond donors (Lipinski definition) is 1. The summed E-state index contributed by atoms with van der Waals surface area (Å²) in [4.78, 5) is 11.7. The molecule has 0 aromatic rings. The first kappa shape index (κ1) is 13.0. The Morgan fingerprint density at radius 1 is 1.41 bits per heavy atom. The first-order chi connectivity index (χ1) is 8.31. The Bertz CT molecular complexity index is 286. The summed E-state index contributed by atoms with van der Waals surface area (Å²) in [6.07, 6.45) is 13.2. The van der Waals surface area contributed by atoms with Crippen molar-refractivity contribution in [3.63, 3.8) is 0 Å². The van der Waals surface area contributed by atoms with E-state index in [1.54, 1.807) is 11.9 Å². The van der Waals surface area contributed by atoms with Gasteiger partial charge in [0.1, 0.15) is 0 Å². The fourth-order valence-corrected chi connectivity index (χ4v) is 2.72. The van der Waals surface area contributed by atoms with Crippen molar-refractivity contribution in [1.29, 1.82) is 0 Å². The molecule has 2 atom stereocenters. The molecule has 0 heterocycles. The minimum absolute atomic E-state index is 0.255. The van der Waals surface area contributed by atoms with Gasteiger partial charge in [-0.3, -0.25) is 9.52 Å². The van der Waals surface area contributed by atoms with E-state index in [0.29, 0.717) is 11.2 Å². The van der Waals surface area contributed by atoms with Gasteiger partial charge in [-0.05, 0) is 50.0 Å². The molecular weight excluding hydrogens is 230 g/mol. The Morgan fingerprint density at radius 3 is 2.94 bits per heavy atom. The van der Waals surface area contributed by atoms with Crippen LogP contribution in [0.4, 0.5) is 0 Å². The number of unbranched alkanes of at least 4 members (excludes halogenated alkanes) is 3. The molecule has 2 aliphatic carbocycles. The highest BCUT2D eigenvalue weighted by atomic mass is 32.2. The van der Waals surface area contributed by atoms with Crippen LogP contribution in [0.15, 0.2) is 12.2 Å². The van der Waals surface area contributed by atoms with Crippen molar-refractivity contribution in [2.75, 3.05) is 0 Å². The van der Waals surface area contributed by atoms with Crippen LogP contribution in [0, 0.1) is 11.8 Å². The minimum atomic E-state index is 0.255. The molecule has 0 aliphatic heterocycles. The van der Waals surface area contributed by atoms with Crippen LogP contribution < -0.4 is 4.72 Å². The summed E-state index contributed by atoms with van der Waals surface area (Å²) in [5.41, 5.74) is 0. The van der Waals surface area contributed by atoms with Gasteiger partial charge in [0.25, 0.3) is 0 Å². The van der Waals surface area contributed by atoms with Crippen molar-refractivity contribution in [2.45, 2.75) is 57.1 Å². The van der Waals surface area contributed by atoms with Gasteiger partial charge < -0.3 is 0 Å². The lowest BCUT2D eigenvalue weighted by Gasteiger charge is -2.00. The maximum atomic E-state index is 11.7. The zero-order valence-electron chi connectivity index (χ0n) is 10.7. The number of carbonyl (C=O) groups excluding carboxylic acids is 1. The van der Waals surface area contributed by atoms with Crippen molar-refractivity contribution in [3.8, 4) is 0 Å². The van der Waals surface area contributed by atoms with Crippen LogP contribution in [-0.4, -0.2) is 11.2 Å². The van der Waals surface area contributed by atoms with Gasteiger partial charge in [-0.2, -0.15) is 0 Å². The van der Waals surface area contributed by atoms with Gasteiger partial charge in [0, 0.05) is 11.2 Å². The molecule has 2 nitrogen and oxygen atoms in total. The molecule has 1 unspecified atom stereocenters. The summed E-state index contributed by atoms with van der Waals surface area (Å²) in [6, 6.07) is 0. The predicted molar refractivity (Wildman–Crippen MR) is 73.6 cm³/mol. The van der Waals surface area contributed by atoms with E-state index < -0.39 is 0 Å². The number of carbonyl (C=O) groups is 1. The highest BCUT2D eigenvalue weighted by Crippen LogP contribution is 2.41. The van der Waals surface area contributed by atoms with Gasteiger partial charge in [-0.15, -0.1) is 0 Å². The summed E-state index contributed by atoms with van der Waals surface area (Å²) in [7, 11) is 0. The van der Waals surface area contributed by atoms with Gasteiger partial charge in [0.05, 0.1) is 0 Å². The summed E-state index contributed by atoms with van der Waals surface area (Å²) in [5, 5.41) is 0.709. The molecule has 0 bridgehead atoms. The maximum absolute atomic E-state index is 11.7. The Hall–Kier alpha value is -0.440. The molecule has 2 aliphatic rings. The zero-order chi connectivity index (χ0) is 12.1. The van der Waals surface area contributed by atoms with Gasteiger partial charge in [0.2, 0.25) is 5.91 Å². The molecule has 0 aromatic carbocycles. The highest BCUT2D eigenvalue weighted by molar-refractivity contribution is 7.98. The number of rotatable bonds is 8. The van der Waals surface area contributed by atoms with E-state index in [1.165, 1.54) is 38.5 Å².